The maximum atomic E-state index is 11.9. The number of benzene rings is 2. The predicted octanol–water partition coefficient (Wildman–Crippen LogP) is 2.93. The summed E-state index contributed by atoms with van der Waals surface area (Å²) in [5.74, 6) is 0.414. The smallest absolute Gasteiger partial charge is 0.273 e. The van der Waals surface area contributed by atoms with E-state index in [0.717, 1.165) is 5.56 Å². The summed E-state index contributed by atoms with van der Waals surface area (Å²) in [5, 5.41) is 13.3. The quantitative estimate of drug-likeness (QED) is 0.653. The highest BCUT2D eigenvalue weighted by Crippen LogP contribution is 2.28. The van der Waals surface area contributed by atoms with E-state index < -0.39 is 10.8 Å². The number of anilines is 1. The number of carbonyl (C=O) groups is 1. The van der Waals surface area contributed by atoms with Crippen molar-refractivity contribution in [1.29, 1.82) is 0 Å². The fourth-order valence-electron chi connectivity index (χ4n) is 1.94. The van der Waals surface area contributed by atoms with Gasteiger partial charge in [-0.25, -0.2) is 0 Å². The van der Waals surface area contributed by atoms with Crippen LogP contribution in [-0.2, 0) is 4.79 Å². The second-order valence-electron chi connectivity index (χ2n) is 4.80. The molecule has 0 aromatic heterocycles. The summed E-state index contributed by atoms with van der Waals surface area (Å²) >= 11 is 0. The molecule has 23 heavy (non-hydrogen) atoms. The van der Waals surface area contributed by atoms with Crippen LogP contribution in [0.3, 0.4) is 0 Å². The normalized spacial score (nSPS) is 10.0. The average molecular weight is 316 g/mol. The molecule has 0 saturated heterocycles. The number of methoxy groups -OCH3 is 1. The number of nitrogens with one attached hydrogen (secondary N) is 1. The number of rotatable bonds is 6. The van der Waals surface area contributed by atoms with E-state index in [4.69, 9.17) is 9.47 Å². The summed E-state index contributed by atoms with van der Waals surface area (Å²) in [6, 6.07) is 11.3. The predicted molar refractivity (Wildman–Crippen MR) is 85.0 cm³/mol. The van der Waals surface area contributed by atoms with Gasteiger partial charge < -0.3 is 14.8 Å². The summed E-state index contributed by atoms with van der Waals surface area (Å²) in [6.07, 6.45) is 0. The van der Waals surface area contributed by atoms with Crippen LogP contribution in [0.5, 0.6) is 11.5 Å². The molecule has 1 amide bonds. The molecule has 0 aliphatic heterocycles. The molecule has 0 heterocycles. The second-order valence-corrected chi connectivity index (χ2v) is 4.80. The number of ether oxygens (including phenoxy) is 2. The molecule has 0 fully saturated rings. The molecular formula is C16H16N2O5. The van der Waals surface area contributed by atoms with Crippen molar-refractivity contribution in [2.45, 2.75) is 6.92 Å². The van der Waals surface area contributed by atoms with Crippen molar-refractivity contribution in [2.75, 3.05) is 19.0 Å². The van der Waals surface area contributed by atoms with Crippen molar-refractivity contribution in [2.24, 2.45) is 0 Å². The van der Waals surface area contributed by atoms with Gasteiger partial charge >= 0.3 is 0 Å². The standard InChI is InChI=1S/C16H16N2O5/c1-11-4-3-5-13(8-11)23-10-16(19)17-14-7-6-12(18(20)21)9-15(14)22-2/h3-9H,10H2,1-2H3,(H,17,19). The van der Waals surface area contributed by atoms with Crippen LogP contribution in [0.2, 0.25) is 0 Å². The molecule has 0 radical (unpaired) electrons. The largest absolute Gasteiger partial charge is 0.494 e. The summed E-state index contributed by atoms with van der Waals surface area (Å²) < 4.78 is 10.5. The molecule has 0 unspecified atom stereocenters. The van der Waals surface area contributed by atoms with E-state index in [2.05, 4.69) is 5.32 Å². The van der Waals surface area contributed by atoms with Crippen molar-refractivity contribution < 1.29 is 19.2 Å². The number of non-ortho nitro benzene ring substituents is 1. The summed E-state index contributed by atoms with van der Waals surface area (Å²) in [4.78, 5) is 22.1. The van der Waals surface area contributed by atoms with Crippen LogP contribution in [-0.4, -0.2) is 24.5 Å². The summed E-state index contributed by atoms with van der Waals surface area (Å²) in [7, 11) is 1.37. The number of hydrogen-bond acceptors (Lipinski definition) is 5. The molecule has 0 aliphatic carbocycles. The highest BCUT2D eigenvalue weighted by molar-refractivity contribution is 5.93. The fourth-order valence-corrected chi connectivity index (χ4v) is 1.94. The number of nitro benzene ring substituents is 1. The van der Waals surface area contributed by atoms with Gasteiger partial charge in [0.25, 0.3) is 11.6 Å². The maximum Gasteiger partial charge on any atom is 0.273 e. The molecule has 7 heteroatoms. The van der Waals surface area contributed by atoms with Crippen LogP contribution >= 0.6 is 0 Å². The van der Waals surface area contributed by atoms with Gasteiger partial charge in [0.15, 0.2) is 6.61 Å². The van der Waals surface area contributed by atoms with E-state index in [9.17, 15) is 14.9 Å². The van der Waals surface area contributed by atoms with Gasteiger partial charge in [-0.3, -0.25) is 14.9 Å². The Morgan fingerprint density at radius 2 is 2.04 bits per heavy atom. The molecule has 2 rings (SSSR count). The molecule has 0 atom stereocenters. The molecular weight excluding hydrogens is 300 g/mol. The van der Waals surface area contributed by atoms with Crippen LogP contribution in [0, 0.1) is 17.0 Å². The zero-order valence-electron chi connectivity index (χ0n) is 12.7. The molecule has 0 spiro atoms. The lowest BCUT2D eigenvalue weighted by atomic mass is 10.2. The molecule has 2 aromatic rings. The third-order valence-corrected chi connectivity index (χ3v) is 3.03. The molecule has 1 N–H and O–H groups in total. The highest BCUT2D eigenvalue weighted by atomic mass is 16.6. The average Bonchev–Trinajstić information content (AvgIpc) is 2.53. The fraction of sp³-hybridized carbons (Fsp3) is 0.188. The molecule has 0 saturated carbocycles. The van der Waals surface area contributed by atoms with Gasteiger partial charge in [0, 0.05) is 6.07 Å². The first-order chi connectivity index (χ1) is 11.0. The number of aryl methyl sites for hydroxylation is 1. The van der Waals surface area contributed by atoms with Gasteiger partial charge in [-0.2, -0.15) is 0 Å². The Morgan fingerprint density at radius 1 is 1.26 bits per heavy atom. The zero-order valence-corrected chi connectivity index (χ0v) is 12.7. The van der Waals surface area contributed by atoms with Crippen LogP contribution in [0.4, 0.5) is 11.4 Å². The van der Waals surface area contributed by atoms with E-state index in [1.165, 1.54) is 25.3 Å². The number of nitrogens with zero attached hydrogens (tertiary/aromatic N) is 1. The molecule has 2 aromatic carbocycles. The van der Waals surface area contributed by atoms with Gasteiger partial charge in [0.2, 0.25) is 0 Å². The second kappa shape index (κ2) is 7.26. The van der Waals surface area contributed by atoms with Gasteiger partial charge in [-0.1, -0.05) is 12.1 Å². The summed E-state index contributed by atoms with van der Waals surface area (Å²) in [6.45, 7) is 1.75. The Balaban J connectivity index is 2.01. The molecule has 120 valence electrons. The lowest BCUT2D eigenvalue weighted by Crippen LogP contribution is -2.20. The van der Waals surface area contributed by atoms with Gasteiger partial charge in [0.1, 0.15) is 11.5 Å². The third kappa shape index (κ3) is 4.44. The number of hydrogen-bond donors (Lipinski definition) is 1. The molecule has 0 bridgehead atoms. The number of amides is 1. The first-order valence-corrected chi connectivity index (χ1v) is 6.81. The monoisotopic (exact) mass is 316 g/mol. The van der Waals surface area contributed by atoms with Crippen molar-refractivity contribution in [3.8, 4) is 11.5 Å². The van der Waals surface area contributed by atoms with Gasteiger partial charge in [0.05, 0.1) is 23.8 Å². The number of nitro groups is 1. The first-order valence-electron chi connectivity index (χ1n) is 6.81. The highest BCUT2D eigenvalue weighted by Gasteiger charge is 2.13. The Hall–Kier alpha value is -3.09. The molecule has 7 nitrogen and oxygen atoms in total. The Morgan fingerprint density at radius 3 is 2.70 bits per heavy atom. The van der Waals surface area contributed by atoms with Crippen molar-refractivity contribution in [1.82, 2.24) is 0 Å². The van der Waals surface area contributed by atoms with Crippen LogP contribution in [0.25, 0.3) is 0 Å². The number of carbonyl (C=O) groups excluding carboxylic acids is 1. The zero-order chi connectivity index (χ0) is 16.8. The summed E-state index contributed by atoms with van der Waals surface area (Å²) in [5.41, 5.74) is 1.26. The van der Waals surface area contributed by atoms with Crippen LogP contribution < -0.4 is 14.8 Å². The van der Waals surface area contributed by atoms with Crippen LogP contribution in [0.1, 0.15) is 5.56 Å². The lowest BCUT2D eigenvalue weighted by molar-refractivity contribution is -0.384. The topological polar surface area (TPSA) is 90.7 Å². The lowest BCUT2D eigenvalue weighted by Gasteiger charge is -2.11. The van der Waals surface area contributed by atoms with Crippen LogP contribution in [0.15, 0.2) is 42.5 Å². The van der Waals surface area contributed by atoms with E-state index in [1.54, 1.807) is 6.07 Å². The SMILES string of the molecule is COc1cc([N+](=O)[O-])ccc1NC(=O)COc1cccc(C)c1. The Bertz CT molecular complexity index is 730. The van der Waals surface area contributed by atoms with E-state index >= 15 is 0 Å². The minimum absolute atomic E-state index is 0.115. The van der Waals surface area contributed by atoms with Gasteiger partial charge in [-0.05, 0) is 30.7 Å². The minimum atomic E-state index is -0.533. The van der Waals surface area contributed by atoms with Crippen molar-refractivity contribution in [3.05, 3.63) is 58.1 Å². The Labute approximate surface area is 133 Å². The third-order valence-electron chi connectivity index (χ3n) is 3.03. The van der Waals surface area contributed by atoms with Crippen molar-refractivity contribution in [3.63, 3.8) is 0 Å². The maximum absolute atomic E-state index is 11.9. The van der Waals surface area contributed by atoms with E-state index in [-0.39, 0.29) is 18.0 Å². The van der Waals surface area contributed by atoms with E-state index in [1.807, 2.05) is 25.1 Å². The van der Waals surface area contributed by atoms with Gasteiger partial charge in [-0.15, -0.1) is 0 Å². The van der Waals surface area contributed by atoms with Crippen molar-refractivity contribution >= 4 is 17.3 Å². The molecule has 0 aliphatic rings. The van der Waals surface area contributed by atoms with E-state index in [0.29, 0.717) is 11.4 Å². The first kappa shape index (κ1) is 16.3. The minimum Gasteiger partial charge on any atom is -0.494 e. The Kier molecular flexibility index (Phi) is 5.14.